The first kappa shape index (κ1) is 12.9. The fraction of sp³-hybridized carbons (Fsp3) is 0.750. The molecule has 0 unspecified atom stereocenters. The summed E-state index contributed by atoms with van der Waals surface area (Å²) in [5, 5.41) is 15.2. The Morgan fingerprint density at radius 2 is 2.06 bits per heavy atom. The molecule has 2 rings (SSSR count). The van der Waals surface area contributed by atoms with Gasteiger partial charge in [-0.2, -0.15) is 5.10 Å². The highest BCUT2D eigenvalue weighted by Crippen LogP contribution is 2.37. The normalized spacial score (nSPS) is 24.1. The summed E-state index contributed by atoms with van der Waals surface area (Å²) in [5.74, 6) is 0.992. The second kappa shape index (κ2) is 4.96. The van der Waals surface area contributed by atoms with Crippen LogP contribution >= 0.6 is 0 Å². The number of nitro groups is 1. The second-order valence-corrected chi connectivity index (χ2v) is 5.10. The molecule has 1 aliphatic carbocycles. The largest absolute Gasteiger partial charge is 0.378 e. The topological polar surface area (TPSA) is 87.0 Å². The van der Waals surface area contributed by atoms with Crippen LogP contribution in [0.1, 0.15) is 50.8 Å². The van der Waals surface area contributed by atoms with Gasteiger partial charge in [-0.25, -0.2) is 4.68 Å². The molecule has 100 valence electrons. The van der Waals surface area contributed by atoms with Crippen molar-refractivity contribution in [3.05, 3.63) is 15.8 Å². The minimum atomic E-state index is -0.439. The molecular weight excluding hydrogens is 232 g/mol. The zero-order valence-corrected chi connectivity index (χ0v) is 10.9. The van der Waals surface area contributed by atoms with Gasteiger partial charge in [0.05, 0.1) is 11.0 Å². The Morgan fingerprint density at radius 3 is 2.50 bits per heavy atom. The Kier molecular flexibility index (Phi) is 3.54. The van der Waals surface area contributed by atoms with Crippen molar-refractivity contribution in [2.24, 2.45) is 5.92 Å². The first-order chi connectivity index (χ1) is 8.54. The Labute approximate surface area is 106 Å². The number of aryl methyl sites for hydroxylation is 1. The molecule has 1 aromatic rings. The van der Waals surface area contributed by atoms with Crippen LogP contribution in [0.4, 0.5) is 11.5 Å². The predicted octanol–water partition coefficient (Wildman–Crippen LogP) is 2.82. The first-order valence-corrected chi connectivity index (χ1v) is 6.53. The third-order valence-electron chi connectivity index (χ3n) is 4.01. The quantitative estimate of drug-likeness (QED) is 0.662. The Morgan fingerprint density at radius 1 is 1.44 bits per heavy atom. The fourth-order valence-electron chi connectivity index (χ4n) is 2.86. The third-order valence-corrected chi connectivity index (χ3v) is 4.01. The van der Waals surface area contributed by atoms with E-state index < -0.39 is 4.92 Å². The first-order valence-electron chi connectivity index (χ1n) is 6.53. The maximum Gasteiger partial charge on any atom is 0.333 e. The van der Waals surface area contributed by atoms with Crippen molar-refractivity contribution in [3.8, 4) is 0 Å². The lowest BCUT2D eigenvalue weighted by Gasteiger charge is -2.28. The molecule has 0 saturated heterocycles. The highest BCUT2D eigenvalue weighted by molar-refractivity contribution is 5.56. The molecular formula is C12H20N4O2. The molecule has 1 aromatic heterocycles. The average molecular weight is 252 g/mol. The Balaban J connectivity index is 2.20. The van der Waals surface area contributed by atoms with Crippen molar-refractivity contribution in [1.29, 1.82) is 0 Å². The van der Waals surface area contributed by atoms with Crippen LogP contribution in [0, 0.1) is 23.0 Å². The molecule has 0 amide bonds. The number of rotatable bonds is 3. The summed E-state index contributed by atoms with van der Waals surface area (Å²) in [7, 11) is 0. The van der Waals surface area contributed by atoms with Crippen molar-refractivity contribution in [2.45, 2.75) is 52.0 Å². The molecule has 1 fully saturated rings. The molecule has 0 bridgehead atoms. The smallest absolute Gasteiger partial charge is 0.333 e. The molecule has 2 N–H and O–H groups in total. The molecule has 0 atom stereocenters. The van der Waals surface area contributed by atoms with Gasteiger partial charge >= 0.3 is 5.69 Å². The van der Waals surface area contributed by atoms with E-state index in [0.29, 0.717) is 5.69 Å². The van der Waals surface area contributed by atoms with Gasteiger partial charge in [0, 0.05) is 0 Å². The van der Waals surface area contributed by atoms with Gasteiger partial charge in [-0.15, -0.1) is 0 Å². The molecule has 0 aliphatic heterocycles. The monoisotopic (exact) mass is 252 g/mol. The van der Waals surface area contributed by atoms with Crippen LogP contribution in [0.5, 0.6) is 0 Å². The van der Waals surface area contributed by atoms with Gasteiger partial charge in [0.2, 0.25) is 5.82 Å². The summed E-state index contributed by atoms with van der Waals surface area (Å²) >= 11 is 0. The van der Waals surface area contributed by atoms with E-state index in [2.05, 4.69) is 12.0 Å². The molecule has 1 heterocycles. The van der Waals surface area contributed by atoms with Gasteiger partial charge in [0.15, 0.2) is 0 Å². The van der Waals surface area contributed by atoms with Crippen molar-refractivity contribution in [2.75, 3.05) is 5.73 Å². The second-order valence-electron chi connectivity index (χ2n) is 5.10. The molecule has 0 aromatic carbocycles. The minimum Gasteiger partial charge on any atom is -0.378 e. The van der Waals surface area contributed by atoms with Crippen LogP contribution in [-0.4, -0.2) is 14.7 Å². The van der Waals surface area contributed by atoms with Gasteiger partial charge < -0.3 is 5.73 Å². The van der Waals surface area contributed by atoms with Crippen LogP contribution in [0.25, 0.3) is 0 Å². The molecule has 0 radical (unpaired) electrons. The van der Waals surface area contributed by atoms with Crippen molar-refractivity contribution < 1.29 is 4.92 Å². The zero-order valence-electron chi connectivity index (χ0n) is 10.9. The molecule has 6 heteroatoms. The number of hydrogen-bond acceptors (Lipinski definition) is 4. The molecule has 1 saturated carbocycles. The predicted molar refractivity (Wildman–Crippen MR) is 69.3 cm³/mol. The fourth-order valence-corrected chi connectivity index (χ4v) is 2.86. The summed E-state index contributed by atoms with van der Waals surface area (Å²) in [6.45, 7) is 3.85. The summed E-state index contributed by atoms with van der Waals surface area (Å²) in [6, 6.07) is 0.222. The number of nitrogens with zero attached hydrogens (tertiary/aromatic N) is 3. The van der Waals surface area contributed by atoms with Crippen molar-refractivity contribution >= 4 is 11.5 Å². The lowest BCUT2D eigenvalue weighted by atomic mass is 9.84. The standard InChI is InChI=1S/C12H20N4O2/c1-3-9-4-6-10(7-5-9)15-12(13)11(16(17)18)8(2)14-15/h9-10H,3-7,13H2,1-2H3. The Bertz CT molecular complexity index is 447. The summed E-state index contributed by atoms with van der Waals surface area (Å²) in [4.78, 5) is 10.5. The van der Waals surface area contributed by atoms with E-state index in [1.807, 2.05) is 0 Å². The minimum absolute atomic E-state index is 0.0346. The van der Waals surface area contributed by atoms with Gasteiger partial charge in [0.25, 0.3) is 0 Å². The van der Waals surface area contributed by atoms with Crippen LogP contribution in [0.3, 0.4) is 0 Å². The highest BCUT2D eigenvalue weighted by atomic mass is 16.6. The third kappa shape index (κ3) is 2.19. The van der Waals surface area contributed by atoms with Gasteiger partial charge in [0.1, 0.15) is 5.69 Å². The van der Waals surface area contributed by atoms with E-state index in [9.17, 15) is 10.1 Å². The van der Waals surface area contributed by atoms with E-state index in [1.54, 1.807) is 11.6 Å². The van der Waals surface area contributed by atoms with E-state index in [0.717, 1.165) is 31.6 Å². The average Bonchev–Trinajstić information content (AvgIpc) is 2.65. The van der Waals surface area contributed by atoms with Crippen LogP contribution < -0.4 is 5.73 Å². The molecule has 1 aliphatic rings. The van der Waals surface area contributed by atoms with Crippen LogP contribution in [0.2, 0.25) is 0 Å². The number of hydrogen-bond donors (Lipinski definition) is 1. The molecule has 0 spiro atoms. The van der Waals surface area contributed by atoms with E-state index in [-0.39, 0.29) is 17.5 Å². The number of nitrogens with two attached hydrogens (primary N) is 1. The Hall–Kier alpha value is -1.59. The van der Waals surface area contributed by atoms with E-state index in [1.165, 1.54) is 6.42 Å². The maximum absolute atomic E-state index is 10.9. The van der Waals surface area contributed by atoms with Gasteiger partial charge in [-0.05, 0) is 38.5 Å². The number of nitrogen functional groups attached to an aromatic ring is 1. The van der Waals surface area contributed by atoms with Crippen molar-refractivity contribution in [1.82, 2.24) is 9.78 Å². The van der Waals surface area contributed by atoms with Crippen LogP contribution in [0.15, 0.2) is 0 Å². The van der Waals surface area contributed by atoms with E-state index in [4.69, 9.17) is 5.73 Å². The summed E-state index contributed by atoms with van der Waals surface area (Å²) in [5.41, 5.74) is 6.24. The lowest BCUT2D eigenvalue weighted by molar-refractivity contribution is -0.384. The number of aromatic nitrogens is 2. The molecule has 18 heavy (non-hydrogen) atoms. The SMILES string of the molecule is CCC1CCC(n2nc(C)c([N+](=O)[O-])c2N)CC1. The highest BCUT2D eigenvalue weighted by Gasteiger charge is 2.29. The van der Waals surface area contributed by atoms with Gasteiger partial charge in [-0.3, -0.25) is 10.1 Å². The van der Waals surface area contributed by atoms with Crippen LogP contribution in [-0.2, 0) is 0 Å². The lowest BCUT2D eigenvalue weighted by Crippen LogP contribution is -2.20. The van der Waals surface area contributed by atoms with Gasteiger partial charge in [-0.1, -0.05) is 13.3 Å². The molecule has 6 nitrogen and oxygen atoms in total. The zero-order chi connectivity index (χ0) is 13.3. The summed E-state index contributed by atoms with van der Waals surface area (Å²) in [6.07, 6.45) is 5.56. The van der Waals surface area contributed by atoms with Crippen molar-refractivity contribution in [3.63, 3.8) is 0 Å². The van der Waals surface area contributed by atoms with E-state index >= 15 is 0 Å². The number of anilines is 1. The maximum atomic E-state index is 10.9. The summed E-state index contributed by atoms with van der Waals surface area (Å²) < 4.78 is 1.67.